The third-order valence-corrected chi connectivity index (χ3v) is 3.43. The van der Waals surface area contributed by atoms with Gasteiger partial charge in [-0.3, -0.25) is 0 Å². The topological polar surface area (TPSA) is 55.5 Å². The third kappa shape index (κ3) is 3.00. The number of aliphatic hydroxyl groups is 1. The number of aliphatic hydroxyl groups excluding tert-OH is 1. The third-order valence-electron chi connectivity index (χ3n) is 3.43. The summed E-state index contributed by atoms with van der Waals surface area (Å²) in [5.41, 5.74) is 6.43. The zero-order valence-corrected chi connectivity index (χ0v) is 10.6. The molecule has 3 N–H and O–H groups in total. The Morgan fingerprint density at radius 1 is 1.39 bits per heavy atom. The maximum atomic E-state index is 13.8. The highest BCUT2D eigenvalue weighted by molar-refractivity contribution is 5.31. The van der Waals surface area contributed by atoms with Gasteiger partial charge in [0, 0.05) is 6.04 Å². The first-order valence-electron chi connectivity index (χ1n) is 6.47. The van der Waals surface area contributed by atoms with Crippen molar-refractivity contribution in [3.63, 3.8) is 0 Å². The van der Waals surface area contributed by atoms with E-state index in [9.17, 15) is 9.50 Å². The van der Waals surface area contributed by atoms with Crippen LogP contribution in [0.3, 0.4) is 0 Å². The van der Waals surface area contributed by atoms with Gasteiger partial charge < -0.3 is 15.6 Å². The van der Waals surface area contributed by atoms with Crippen molar-refractivity contribution in [3.05, 3.63) is 29.6 Å². The predicted octanol–water partition coefficient (Wildman–Crippen LogP) is 2.53. The minimum Gasteiger partial charge on any atom is -0.485 e. The molecular formula is C14H20FNO2. The molecule has 0 bridgehead atoms. The smallest absolute Gasteiger partial charge is 0.165 e. The van der Waals surface area contributed by atoms with Crippen LogP contribution in [0.4, 0.5) is 4.39 Å². The first-order valence-corrected chi connectivity index (χ1v) is 6.47. The van der Waals surface area contributed by atoms with E-state index in [0.717, 1.165) is 31.2 Å². The Labute approximate surface area is 107 Å². The Kier molecular flexibility index (Phi) is 4.19. The molecule has 0 aliphatic heterocycles. The van der Waals surface area contributed by atoms with E-state index in [0.29, 0.717) is 0 Å². The molecule has 3 atom stereocenters. The van der Waals surface area contributed by atoms with Gasteiger partial charge >= 0.3 is 0 Å². The summed E-state index contributed by atoms with van der Waals surface area (Å²) in [6.45, 7) is 1.81. The van der Waals surface area contributed by atoms with Crippen LogP contribution in [0.25, 0.3) is 0 Å². The lowest BCUT2D eigenvalue weighted by atomic mass is 9.95. The number of hydrogen-bond donors (Lipinski definition) is 2. The molecule has 0 radical (unpaired) electrons. The van der Waals surface area contributed by atoms with Crippen molar-refractivity contribution in [3.8, 4) is 5.75 Å². The standard InChI is InChI=1S/C14H20FNO2/c1-9(16)10-6-7-13(11(15)8-10)18-14-5-3-2-4-12(14)17/h6-9,12,14,17H,2-5,16H2,1H3/t9-,12?,14?/m1/s1. The quantitative estimate of drug-likeness (QED) is 0.870. The summed E-state index contributed by atoms with van der Waals surface area (Å²) in [5.74, 6) is -0.215. The fourth-order valence-electron chi connectivity index (χ4n) is 2.27. The Hall–Kier alpha value is -1.13. The Balaban J connectivity index is 2.09. The van der Waals surface area contributed by atoms with Gasteiger partial charge in [0.15, 0.2) is 11.6 Å². The van der Waals surface area contributed by atoms with Gasteiger partial charge in [-0.2, -0.15) is 0 Å². The maximum absolute atomic E-state index is 13.8. The lowest BCUT2D eigenvalue weighted by molar-refractivity contribution is 0.00498. The summed E-state index contributed by atoms with van der Waals surface area (Å²) in [5, 5.41) is 9.80. The number of hydrogen-bond acceptors (Lipinski definition) is 3. The molecule has 0 heterocycles. The van der Waals surface area contributed by atoms with Gasteiger partial charge in [0.25, 0.3) is 0 Å². The molecule has 0 spiro atoms. The van der Waals surface area contributed by atoms with Crippen LogP contribution < -0.4 is 10.5 Å². The van der Waals surface area contributed by atoms with Crippen LogP contribution in [0.5, 0.6) is 5.75 Å². The first kappa shape index (κ1) is 13.3. The highest BCUT2D eigenvalue weighted by Crippen LogP contribution is 2.27. The van der Waals surface area contributed by atoms with Gasteiger partial charge in [-0.15, -0.1) is 0 Å². The van der Waals surface area contributed by atoms with Crippen LogP contribution in [0.2, 0.25) is 0 Å². The molecule has 1 aromatic rings. The van der Waals surface area contributed by atoms with Gasteiger partial charge in [0.1, 0.15) is 6.10 Å². The average molecular weight is 253 g/mol. The van der Waals surface area contributed by atoms with Crippen molar-refractivity contribution >= 4 is 0 Å². The number of rotatable bonds is 3. The van der Waals surface area contributed by atoms with E-state index in [1.165, 1.54) is 6.07 Å². The molecule has 4 heteroatoms. The normalized spacial score (nSPS) is 25.8. The van der Waals surface area contributed by atoms with Crippen LogP contribution >= 0.6 is 0 Å². The SMILES string of the molecule is C[C@@H](N)c1ccc(OC2CCCCC2O)c(F)c1. The van der Waals surface area contributed by atoms with Crippen molar-refractivity contribution in [2.45, 2.75) is 50.9 Å². The summed E-state index contributed by atoms with van der Waals surface area (Å²) in [7, 11) is 0. The second-order valence-electron chi connectivity index (χ2n) is 4.99. The molecule has 1 saturated carbocycles. The van der Waals surface area contributed by atoms with Crippen LogP contribution in [-0.4, -0.2) is 17.3 Å². The van der Waals surface area contributed by atoms with Crippen molar-refractivity contribution in [2.75, 3.05) is 0 Å². The van der Waals surface area contributed by atoms with E-state index in [4.69, 9.17) is 10.5 Å². The van der Waals surface area contributed by atoms with Crippen molar-refractivity contribution < 1.29 is 14.2 Å². The minimum absolute atomic E-state index is 0.199. The number of ether oxygens (including phenoxy) is 1. The molecule has 1 fully saturated rings. The molecule has 0 saturated heterocycles. The lowest BCUT2D eigenvalue weighted by Crippen LogP contribution is -2.34. The van der Waals surface area contributed by atoms with E-state index in [-0.39, 0.29) is 17.9 Å². The monoisotopic (exact) mass is 253 g/mol. The molecule has 0 aromatic heterocycles. The van der Waals surface area contributed by atoms with Gasteiger partial charge in [0.2, 0.25) is 0 Å². The fraction of sp³-hybridized carbons (Fsp3) is 0.571. The van der Waals surface area contributed by atoms with Crippen LogP contribution in [0.15, 0.2) is 18.2 Å². The molecule has 1 aliphatic rings. The summed E-state index contributed by atoms with van der Waals surface area (Å²) >= 11 is 0. The number of nitrogens with two attached hydrogens (primary N) is 1. The Morgan fingerprint density at radius 2 is 2.11 bits per heavy atom. The van der Waals surface area contributed by atoms with Crippen molar-refractivity contribution in [1.82, 2.24) is 0 Å². The van der Waals surface area contributed by atoms with Gasteiger partial charge in [0.05, 0.1) is 6.10 Å². The summed E-state index contributed by atoms with van der Waals surface area (Å²) < 4.78 is 19.4. The first-order chi connectivity index (χ1) is 8.58. The second kappa shape index (κ2) is 5.67. The Bertz CT molecular complexity index is 409. The van der Waals surface area contributed by atoms with Crippen LogP contribution in [-0.2, 0) is 0 Å². The van der Waals surface area contributed by atoms with E-state index in [2.05, 4.69) is 0 Å². The van der Waals surface area contributed by atoms with E-state index in [1.807, 2.05) is 0 Å². The number of benzene rings is 1. The molecule has 1 aromatic carbocycles. The van der Waals surface area contributed by atoms with E-state index >= 15 is 0 Å². The molecular weight excluding hydrogens is 233 g/mol. The molecule has 2 unspecified atom stereocenters. The molecule has 18 heavy (non-hydrogen) atoms. The number of halogens is 1. The van der Waals surface area contributed by atoms with Crippen LogP contribution in [0.1, 0.15) is 44.2 Å². The molecule has 100 valence electrons. The predicted molar refractivity (Wildman–Crippen MR) is 67.9 cm³/mol. The molecule has 3 nitrogen and oxygen atoms in total. The van der Waals surface area contributed by atoms with Gasteiger partial charge in [-0.05, 0) is 43.9 Å². The molecule has 1 aliphatic carbocycles. The summed E-state index contributed by atoms with van der Waals surface area (Å²) in [4.78, 5) is 0. The van der Waals surface area contributed by atoms with Gasteiger partial charge in [-0.1, -0.05) is 12.5 Å². The zero-order chi connectivity index (χ0) is 13.1. The van der Waals surface area contributed by atoms with Crippen molar-refractivity contribution in [2.24, 2.45) is 5.73 Å². The average Bonchev–Trinajstić information content (AvgIpc) is 2.34. The van der Waals surface area contributed by atoms with E-state index < -0.39 is 11.9 Å². The second-order valence-corrected chi connectivity index (χ2v) is 4.99. The minimum atomic E-state index is -0.494. The fourth-order valence-corrected chi connectivity index (χ4v) is 2.27. The summed E-state index contributed by atoms with van der Waals surface area (Å²) in [6, 6.07) is 4.55. The maximum Gasteiger partial charge on any atom is 0.165 e. The Morgan fingerprint density at radius 3 is 2.72 bits per heavy atom. The largest absolute Gasteiger partial charge is 0.485 e. The highest BCUT2D eigenvalue weighted by atomic mass is 19.1. The van der Waals surface area contributed by atoms with Crippen molar-refractivity contribution in [1.29, 1.82) is 0 Å². The molecule has 2 rings (SSSR count). The zero-order valence-electron chi connectivity index (χ0n) is 10.6. The molecule has 0 amide bonds. The lowest BCUT2D eigenvalue weighted by Gasteiger charge is -2.28. The summed E-state index contributed by atoms with van der Waals surface area (Å²) in [6.07, 6.45) is 2.73. The highest BCUT2D eigenvalue weighted by Gasteiger charge is 2.25. The van der Waals surface area contributed by atoms with Gasteiger partial charge in [-0.25, -0.2) is 4.39 Å². The van der Waals surface area contributed by atoms with Crippen LogP contribution in [0, 0.1) is 5.82 Å². The van der Waals surface area contributed by atoms with E-state index in [1.54, 1.807) is 19.1 Å².